The van der Waals surface area contributed by atoms with Crippen LogP contribution in [0.3, 0.4) is 0 Å². The molecule has 18 heavy (non-hydrogen) atoms. The van der Waals surface area contributed by atoms with Gasteiger partial charge >= 0.3 is 12.1 Å². The Labute approximate surface area is 102 Å². The zero-order valence-electron chi connectivity index (χ0n) is 8.68. The monoisotopic (exact) mass is 277 g/mol. The highest BCUT2D eigenvalue weighted by atomic mass is 32.1. The number of rotatable bonds is 3. The lowest BCUT2D eigenvalue weighted by Gasteiger charge is -2.08. The van der Waals surface area contributed by atoms with E-state index in [9.17, 15) is 18.0 Å². The molecule has 5 nitrogen and oxygen atoms in total. The number of aromatic nitrogens is 3. The number of hydrogen-bond donors (Lipinski definition) is 1. The molecule has 2 heterocycles. The molecule has 0 atom stereocenters. The lowest BCUT2D eigenvalue weighted by atomic mass is 10.3. The summed E-state index contributed by atoms with van der Waals surface area (Å²) in [7, 11) is 0. The van der Waals surface area contributed by atoms with Crippen LogP contribution in [0, 0.1) is 0 Å². The Bertz CT molecular complexity index is 562. The van der Waals surface area contributed by atoms with E-state index in [2.05, 4.69) is 10.3 Å². The normalized spacial score (nSPS) is 11.7. The lowest BCUT2D eigenvalue weighted by molar-refractivity contribution is -0.144. The first-order valence-electron chi connectivity index (χ1n) is 4.66. The molecule has 0 bridgehead atoms. The van der Waals surface area contributed by atoms with E-state index in [1.807, 2.05) is 0 Å². The van der Waals surface area contributed by atoms with Gasteiger partial charge < -0.3 is 5.11 Å². The van der Waals surface area contributed by atoms with Gasteiger partial charge in [-0.3, -0.25) is 0 Å². The fraction of sp³-hybridized carbons (Fsp3) is 0.222. The predicted molar refractivity (Wildman–Crippen MR) is 55.4 cm³/mol. The molecule has 1 N–H and O–H groups in total. The van der Waals surface area contributed by atoms with E-state index in [0.717, 1.165) is 0 Å². The molecule has 0 radical (unpaired) electrons. The van der Waals surface area contributed by atoms with Gasteiger partial charge in [-0.15, -0.1) is 16.4 Å². The summed E-state index contributed by atoms with van der Waals surface area (Å²) in [5.41, 5.74) is -2.43. The molecule has 96 valence electrons. The van der Waals surface area contributed by atoms with Gasteiger partial charge in [0.25, 0.3) is 0 Å². The topological polar surface area (TPSA) is 68.0 Å². The number of hydrogen-bond acceptors (Lipinski definition) is 4. The summed E-state index contributed by atoms with van der Waals surface area (Å²) in [4.78, 5) is 11.3. The van der Waals surface area contributed by atoms with Gasteiger partial charge in [0.15, 0.2) is 5.69 Å². The molecular weight excluding hydrogens is 271 g/mol. The number of nitrogens with zero attached hydrogens (tertiary/aromatic N) is 3. The fourth-order valence-electron chi connectivity index (χ4n) is 1.40. The minimum atomic E-state index is -4.81. The third-order valence-electron chi connectivity index (χ3n) is 2.09. The molecule has 0 spiro atoms. The molecule has 0 aliphatic rings. The average molecular weight is 277 g/mol. The van der Waals surface area contributed by atoms with Crippen molar-refractivity contribution in [1.82, 2.24) is 15.0 Å². The molecule has 2 rings (SSSR count). The summed E-state index contributed by atoms with van der Waals surface area (Å²) in [6, 6.07) is 3.31. The second kappa shape index (κ2) is 4.41. The Balaban J connectivity index is 2.45. The zero-order chi connectivity index (χ0) is 13.3. The van der Waals surface area contributed by atoms with Gasteiger partial charge in [0.2, 0.25) is 5.69 Å². The van der Waals surface area contributed by atoms with E-state index in [0.29, 0.717) is 9.56 Å². The number of aromatic carboxylic acids is 1. The van der Waals surface area contributed by atoms with E-state index in [-0.39, 0.29) is 6.54 Å². The van der Waals surface area contributed by atoms with Gasteiger partial charge in [-0.05, 0) is 11.4 Å². The van der Waals surface area contributed by atoms with Crippen LogP contribution >= 0.6 is 11.3 Å². The van der Waals surface area contributed by atoms with Crippen molar-refractivity contribution in [2.75, 3.05) is 0 Å². The Hall–Kier alpha value is -1.90. The largest absolute Gasteiger partial charge is 0.476 e. The summed E-state index contributed by atoms with van der Waals surface area (Å²) in [5.74, 6) is -1.75. The first-order chi connectivity index (χ1) is 8.39. The minimum Gasteiger partial charge on any atom is -0.476 e. The van der Waals surface area contributed by atoms with E-state index < -0.39 is 23.5 Å². The Morgan fingerprint density at radius 3 is 2.72 bits per heavy atom. The summed E-state index contributed by atoms with van der Waals surface area (Å²) in [6.45, 7) is -0.160. The van der Waals surface area contributed by atoms with Gasteiger partial charge in [-0.1, -0.05) is 11.3 Å². The van der Waals surface area contributed by atoms with Crippen LogP contribution < -0.4 is 0 Å². The highest BCUT2D eigenvalue weighted by molar-refractivity contribution is 7.09. The molecule has 0 aliphatic heterocycles. The molecule has 0 saturated heterocycles. The van der Waals surface area contributed by atoms with Crippen molar-refractivity contribution in [1.29, 1.82) is 0 Å². The van der Waals surface area contributed by atoms with Crippen LogP contribution in [0.1, 0.15) is 21.1 Å². The van der Waals surface area contributed by atoms with Gasteiger partial charge in [0.1, 0.15) is 0 Å². The minimum absolute atomic E-state index is 0.160. The van der Waals surface area contributed by atoms with Crippen LogP contribution in [-0.2, 0) is 12.7 Å². The number of carboxylic acids is 1. The lowest BCUT2D eigenvalue weighted by Crippen LogP contribution is -2.18. The SMILES string of the molecule is O=C(O)c1nnn(Cc2cccs2)c1C(F)(F)F. The number of carboxylic acid groups (broad SMARTS) is 1. The maximum atomic E-state index is 12.8. The quantitative estimate of drug-likeness (QED) is 0.933. The molecule has 2 aromatic rings. The van der Waals surface area contributed by atoms with Crippen LogP contribution in [0.5, 0.6) is 0 Å². The summed E-state index contributed by atoms with van der Waals surface area (Å²) < 4.78 is 38.9. The summed E-state index contributed by atoms with van der Waals surface area (Å²) in [6.07, 6.45) is -4.81. The third kappa shape index (κ3) is 2.35. The second-order valence-corrected chi connectivity index (χ2v) is 4.36. The Morgan fingerprint density at radius 1 is 1.50 bits per heavy atom. The molecule has 9 heteroatoms. The summed E-state index contributed by atoms with van der Waals surface area (Å²) in [5, 5.41) is 16.7. The van der Waals surface area contributed by atoms with Crippen molar-refractivity contribution in [2.45, 2.75) is 12.7 Å². The smallest absolute Gasteiger partial charge is 0.435 e. The average Bonchev–Trinajstić information content (AvgIpc) is 2.85. The molecule has 0 saturated carbocycles. The molecule has 2 aromatic heterocycles. The number of thiophene rings is 1. The standard InChI is InChI=1S/C9H6F3N3O2S/c10-9(11,12)7-6(8(16)17)13-14-15(7)4-5-2-1-3-18-5/h1-3H,4H2,(H,16,17). The van der Waals surface area contributed by atoms with Crippen LogP contribution in [0.25, 0.3) is 0 Å². The number of carbonyl (C=O) groups is 1. The Kier molecular flexibility index (Phi) is 3.07. The van der Waals surface area contributed by atoms with E-state index in [1.54, 1.807) is 17.5 Å². The molecule has 0 amide bonds. The van der Waals surface area contributed by atoms with Crippen LogP contribution in [0.4, 0.5) is 13.2 Å². The molecular formula is C9H6F3N3O2S. The summed E-state index contributed by atoms with van der Waals surface area (Å²) >= 11 is 1.25. The van der Waals surface area contributed by atoms with Crippen molar-refractivity contribution >= 4 is 17.3 Å². The van der Waals surface area contributed by atoms with Crippen molar-refractivity contribution in [2.24, 2.45) is 0 Å². The first kappa shape index (κ1) is 12.6. The highest BCUT2D eigenvalue weighted by Gasteiger charge is 2.41. The van der Waals surface area contributed by atoms with Crippen molar-refractivity contribution in [3.8, 4) is 0 Å². The molecule has 0 aliphatic carbocycles. The maximum absolute atomic E-state index is 12.8. The zero-order valence-corrected chi connectivity index (χ0v) is 9.49. The van der Waals surface area contributed by atoms with Crippen LogP contribution in [0.2, 0.25) is 0 Å². The van der Waals surface area contributed by atoms with E-state index >= 15 is 0 Å². The molecule has 0 fully saturated rings. The van der Waals surface area contributed by atoms with E-state index in [4.69, 9.17) is 5.11 Å². The Morgan fingerprint density at radius 2 is 2.22 bits per heavy atom. The molecule has 0 aromatic carbocycles. The third-order valence-corrected chi connectivity index (χ3v) is 2.95. The maximum Gasteiger partial charge on any atom is 0.435 e. The second-order valence-electron chi connectivity index (χ2n) is 3.33. The van der Waals surface area contributed by atoms with Crippen LogP contribution in [-0.4, -0.2) is 26.1 Å². The van der Waals surface area contributed by atoms with Crippen molar-refractivity contribution in [3.63, 3.8) is 0 Å². The van der Waals surface area contributed by atoms with Gasteiger partial charge in [0, 0.05) is 4.88 Å². The van der Waals surface area contributed by atoms with E-state index in [1.165, 1.54) is 11.3 Å². The van der Waals surface area contributed by atoms with Crippen LogP contribution in [0.15, 0.2) is 17.5 Å². The first-order valence-corrected chi connectivity index (χ1v) is 5.54. The highest BCUT2D eigenvalue weighted by Crippen LogP contribution is 2.31. The van der Waals surface area contributed by atoms with Gasteiger partial charge in [0.05, 0.1) is 6.54 Å². The predicted octanol–water partition coefficient (Wildman–Crippen LogP) is 2.10. The molecule has 0 unspecified atom stereocenters. The van der Waals surface area contributed by atoms with Gasteiger partial charge in [-0.2, -0.15) is 13.2 Å². The van der Waals surface area contributed by atoms with Crippen molar-refractivity contribution < 1.29 is 23.1 Å². The van der Waals surface area contributed by atoms with Crippen molar-refractivity contribution in [3.05, 3.63) is 33.8 Å². The number of halogens is 3. The fourth-order valence-corrected chi connectivity index (χ4v) is 2.08. The number of alkyl halides is 3. The van der Waals surface area contributed by atoms with Gasteiger partial charge in [-0.25, -0.2) is 9.48 Å².